The molecular weight excluding hydrogens is 390 g/mol. The Hall–Kier alpha value is -2.86. The van der Waals surface area contributed by atoms with Crippen molar-refractivity contribution in [3.05, 3.63) is 59.2 Å². The van der Waals surface area contributed by atoms with Gasteiger partial charge >= 0.3 is 0 Å². The van der Waals surface area contributed by atoms with Crippen molar-refractivity contribution < 1.29 is 14.3 Å². The summed E-state index contributed by atoms with van der Waals surface area (Å²) in [6.07, 6.45) is 1.18. The third kappa shape index (κ3) is 6.82. The van der Waals surface area contributed by atoms with E-state index in [1.165, 1.54) is 0 Å². The van der Waals surface area contributed by atoms with Crippen molar-refractivity contribution >= 4 is 17.5 Å². The average molecular weight is 424 g/mol. The molecule has 0 spiro atoms. The van der Waals surface area contributed by atoms with Gasteiger partial charge in [0.15, 0.2) is 0 Å². The van der Waals surface area contributed by atoms with Gasteiger partial charge in [-0.2, -0.15) is 0 Å². The van der Waals surface area contributed by atoms with E-state index in [2.05, 4.69) is 10.2 Å². The Labute approximate surface area is 185 Å². The molecule has 1 saturated heterocycles. The van der Waals surface area contributed by atoms with Gasteiger partial charge in [0, 0.05) is 38.3 Å². The van der Waals surface area contributed by atoms with Crippen molar-refractivity contribution in [1.29, 1.82) is 0 Å². The van der Waals surface area contributed by atoms with E-state index in [1.54, 1.807) is 0 Å². The largest absolute Gasteiger partial charge is 0.494 e. The monoisotopic (exact) mass is 423 g/mol. The Morgan fingerprint density at radius 2 is 1.65 bits per heavy atom. The molecule has 0 atom stereocenters. The van der Waals surface area contributed by atoms with Crippen LogP contribution < -0.4 is 10.1 Å². The molecule has 6 heteroatoms. The summed E-state index contributed by atoms with van der Waals surface area (Å²) in [5.74, 6) is 0.998. The van der Waals surface area contributed by atoms with Gasteiger partial charge in [-0.05, 0) is 56.0 Å². The summed E-state index contributed by atoms with van der Waals surface area (Å²) in [4.78, 5) is 28.9. The predicted octanol–water partition coefficient (Wildman–Crippen LogP) is 3.55. The Morgan fingerprint density at radius 3 is 2.32 bits per heavy atom. The summed E-state index contributed by atoms with van der Waals surface area (Å²) in [6.45, 7) is 9.66. The van der Waals surface area contributed by atoms with E-state index in [9.17, 15) is 9.59 Å². The lowest BCUT2D eigenvalue weighted by atomic mass is 10.1. The molecule has 1 N–H and O–H groups in total. The Morgan fingerprint density at radius 1 is 0.968 bits per heavy atom. The third-order valence-corrected chi connectivity index (χ3v) is 5.63. The van der Waals surface area contributed by atoms with Crippen molar-refractivity contribution in [2.45, 2.75) is 33.6 Å². The maximum Gasteiger partial charge on any atom is 0.238 e. The van der Waals surface area contributed by atoms with Gasteiger partial charge < -0.3 is 15.0 Å². The van der Waals surface area contributed by atoms with Gasteiger partial charge in [-0.1, -0.05) is 30.3 Å². The fourth-order valence-electron chi connectivity index (χ4n) is 3.83. The van der Waals surface area contributed by atoms with Gasteiger partial charge in [-0.15, -0.1) is 0 Å². The van der Waals surface area contributed by atoms with Crippen LogP contribution in [0, 0.1) is 20.8 Å². The SMILES string of the molecule is Cc1cccc(OCCCC(=O)N2CCN(CC(=O)Nc3c(C)cccc3C)CC2)c1. The fourth-order valence-corrected chi connectivity index (χ4v) is 3.83. The molecule has 2 aromatic carbocycles. The molecule has 1 aliphatic rings. The highest BCUT2D eigenvalue weighted by Gasteiger charge is 2.22. The first kappa shape index (κ1) is 22.8. The molecule has 0 aromatic heterocycles. The number of piperazine rings is 1. The van der Waals surface area contributed by atoms with E-state index in [0.717, 1.165) is 28.1 Å². The summed E-state index contributed by atoms with van der Waals surface area (Å²) in [7, 11) is 0. The number of hydrogen-bond acceptors (Lipinski definition) is 4. The van der Waals surface area contributed by atoms with Crippen LogP contribution in [0.2, 0.25) is 0 Å². The zero-order chi connectivity index (χ0) is 22.2. The molecule has 0 radical (unpaired) electrons. The number of carbonyl (C=O) groups excluding carboxylic acids is 2. The first-order valence-electron chi connectivity index (χ1n) is 11.0. The van der Waals surface area contributed by atoms with Gasteiger partial charge in [-0.25, -0.2) is 0 Å². The third-order valence-electron chi connectivity index (χ3n) is 5.63. The first-order chi connectivity index (χ1) is 14.9. The first-order valence-corrected chi connectivity index (χ1v) is 11.0. The molecule has 166 valence electrons. The lowest BCUT2D eigenvalue weighted by molar-refractivity contribution is -0.133. The number of benzene rings is 2. The normalized spacial score (nSPS) is 14.4. The highest BCUT2D eigenvalue weighted by molar-refractivity contribution is 5.93. The number of rotatable bonds is 8. The average Bonchev–Trinajstić information content (AvgIpc) is 2.74. The predicted molar refractivity (Wildman–Crippen MR) is 123 cm³/mol. The molecule has 1 aliphatic heterocycles. The molecule has 1 fully saturated rings. The minimum Gasteiger partial charge on any atom is -0.494 e. The van der Waals surface area contributed by atoms with E-state index in [1.807, 2.05) is 68.1 Å². The van der Waals surface area contributed by atoms with Crippen molar-refractivity contribution in [2.24, 2.45) is 0 Å². The smallest absolute Gasteiger partial charge is 0.238 e. The second-order valence-corrected chi connectivity index (χ2v) is 8.24. The number of nitrogens with zero attached hydrogens (tertiary/aromatic N) is 2. The molecule has 2 aromatic rings. The minimum absolute atomic E-state index is 0.00882. The molecule has 0 saturated carbocycles. The Balaban J connectivity index is 1.35. The van der Waals surface area contributed by atoms with Crippen LogP contribution in [0.1, 0.15) is 29.5 Å². The maximum atomic E-state index is 12.5. The standard InChI is InChI=1S/C25H33N3O3/c1-19-7-4-10-22(17-19)31-16-6-11-24(30)28-14-12-27(13-15-28)18-23(29)26-25-20(2)8-5-9-21(25)3/h4-5,7-10,17H,6,11-16,18H2,1-3H3,(H,26,29). The van der Waals surface area contributed by atoms with Crippen LogP contribution in [0.4, 0.5) is 5.69 Å². The zero-order valence-corrected chi connectivity index (χ0v) is 18.8. The molecule has 0 aliphatic carbocycles. The minimum atomic E-state index is -0.00882. The topological polar surface area (TPSA) is 61.9 Å². The molecule has 3 rings (SSSR count). The summed E-state index contributed by atoms with van der Waals surface area (Å²) >= 11 is 0. The number of nitrogens with one attached hydrogen (secondary N) is 1. The summed E-state index contributed by atoms with van der Waals surface area (Å²) in [5.41, 5.74) is 4.19. The van der Waals surface area contributed by atoms with E-state index < -0.39 is 0 Å². The number of anilines is 1. The van der Waals surface area contributed by atoms with E-state index in [0.29, 0.717) is 52.2 Å². The molecule has 2 amide bonds. The molecular formula is C25H33N3O3. The second kappa shape index (κ2) is 11.0. The highest BCUT2D eigenvalue weighted by Crippen LogP contribution is 2.19. The lowest BCUT2D eigenvalue weighted by Gasteiger charge is -2.34. The maximum absolute atomic E-state index is 12.5. The van der Waals surface area contributed by atoms with Crippen molar-refractivity contribution in [2.75, 3.05) is 44.6 Å². The van der Waals surface area contributed by atoms with Crippen LogP contribution in [0.3, 0.4) is 0 Å². The fraction of sp³-hybridized carbons (Fsp3) is 0.440. The van der Waals surface area contributed by atoms with Gasteiger partial charge in [0.25, 0.3) is 0 Å². The Kier molecular flexibility index (Phi) is 8.06. The number of para-hydroxylation sites is 1. The van der Waals surface area contributed by atoms with Crippen molar-refractivity contribution in [3.63, 3.8) is 0 Å². The van der Waals surface area contributed by atoms with Gasteiger partial charge in [-0.3, -0.25) is 14.5 Å². The van der Waals surface area contributed by atoms with Gasteiger partial charge in [0.1, 0.15) is 5.75 Å². The van der Waals surface area contributed by atoms with E-state index in [-0.39, 0.29) is 11.8 Å². The van der Waals surface area contributed by atoms with E-state index >= 15 is 0 Å². The van der Waals surface area contributed by atoms with Crippen molar-refractivity contribution in [3.8, 4) is 5.75 Å². The molecule has 6 nitrogen and oxygen atoms in total. The second-order valence-electron chi connectivity index (χ2n) is 8.24. The number of aryl methyl sites for hydroxylation is 3. The van der Waals surface area contributed by atoms with E-state index in [4.69, 9.17) is 4.74 Å². The van der Waals surface area contributed by atoms with Gasteiger partial charge in [0.05, 0.1) is 13.2 Å². The molecule has 0 unspecified atom stereocenters. The highest BCUT2D eigenvalue weighted by atomic mass is 16.5. The number of hydrogen-bond donors (Lipinski definition) is 1. The number of carbonyl (C=O) groups is 2. The number of ether oxygens (including phenoxy) is 1. The molecule has 0 bridgehead atoms. The van der Waals surface area contributed by atoms with Crippen molar-refractivity contribution in [1.82, 2.24) is 9.80 Å². The van der Waals surface area contributed by atoms with Crippen LogP contribution in [-0.4, -0.2) is 60.9 Å². The summed E-state index contributed by atoms with van der Waals surface area (Å²) in [5, 5.41) is 3.04. The van der Waals surface area contributed by atoms with Crippen LogP contribution in [-0.2, 0) is 9.59 Å². The molecule has 1 heterocycles. The summed E-state index contributed by atoms with van der Waals surface area (Å²) < 4.78 is 5.73. The molecule has 31 heavy (non-hydrogen) atoms. The van der Waals surface area contributed by atoms with Gasteiger partial charge in [0.2, 0.25) is 11.8 Å². The quantitative estimate of drug-likeness (QED) is 0.660. The van der Waals surface area contributed by atoms with Crippen LogP contribution >= 0.6 is 0 Å². The van der Waals surface area contributed by atoms with Crippen LogP contribution in [0.15, 0.2) is 42.5 Å². The Bertz CT molecular complexity index is 884. The lowest BCUT2D eigenvalue weighted by Crippen LogP contribution is -2.50. The zero-order valence-electron chi connectivity index (χ0n) is 18.8. The van der Waals surface area contributed by atoms with Crippen LogP contribution in [0.25, 0.3) is 0 Å². The summed E-state index contributed by atoms with van der Waals surface area (Å²) in [6, 6.07) is 13.9. The number of amides is 2. The van der Waals surface area contributed by atoms with Crippen LogP contribution in [0.5, 0.6) is 5.75 Å².